The summed E-state index contributed by atoms with van der Waals surface area (Å²) in [6.07, 6.45) is 6.86. The highest BCUT2D eigenvalue weighted by Gasteiger charge is 2.39. The Morgan fingerprint density at radius 2 is 1.73 bits per heavy atom. The van der Waals surface area contributed by atoms with E-state index in [0.29, 0.717) is 0 Å². The van der Waals surface area contributed by atoms with Crippen molar-refractivity contribution >= 4 is 14.3 Å². The zero-order valence-electron chi connectivity index (χ0n) is 10.6. The predicted octanol–water partition coefficient (Wildman–Crippen LogP) is 3.67. The number of hydrogen-bond donors (Lipinski definition) is 0. The second-order valence-electron chi connectivity index (χ2n) is 5.07. The molecule has 0 amide bonds. The molecule has 0 rings (SSSR count). The van der Waals surface area contributed by atoms with Gasteiger partial charge in [-0.15, -0.1) is 0 Å². The van der Waals surface area contributed by atoms with E-state index < -0.39 is 8.32 Å². The van der Waals surface area contributed by atoms with Gasteiger partial charge >= 0.3 is 5.97 Å². The molecule has 0 saturated heterocycles. The van der Waals surface area contributed by atoms with Crippen LogP contribution in [0.15, 0.2) is 24.3 Å². The molecule has 0 aromatic rings. The lowest BCUT2D eigenvalue weighted by Crippen LogP contribution is -2.42. The van der Waals surface area contributed by atoms with Crippen molar-refractivity contribution in [2.75, 3.05) is 0 Å². The van der Waals surface area contributed by atoms with E-state index in [1.165, 1.54) is 6.08 Å². The van der Waals surface area contributed by atoms with E-state index in [9.17, 15) is 4.79 Å². The van der Waals surface area contributed by atoms with Crippen LogP contribution in [0.1, 0.15) is 27.7 Å². The van der Waals surface area contributed by atoms with Gasteiger partial charge in [-0.1, -0.05) is 39.0 Å². The maximum Gasteiger partial charge on any atom is 0.317 e. The molecular formula is C12H22O2Si. The zero-order chi connectivity index (χ0) is 12.1. The van der Waals surface area contributed by atoms with Gasteiger partial charge in [0.25, 0.3) is 8.32 Å². The minimum atomic E-state index is -1.95. The van der Waals surface area contributed by atoms with E-state index in [1.54, 1.807) is 6.08 Å². The summed E-state index contributed by atoms with van der Waals surface area (Å²) in [6, 6.07) is 0. The first-order valence-electron chi connectivity index (χ1n) is 5.23. The van der Waals surface area contributed by atoms with Gasteiger partial charge < -0.3 is 4.43 Å². The fourth-order valence-electron chi connectivity index (χ4n) is 0.684. The largest absolute Gasteiger partial charge is 0.516 e. The second kappa shape index (κ2) is 5.31. The van der Waals surface area contributed by atoms with Gasteiger partial charge in [-0.2, -0.15) is 0 Å². The Hall–Kier alpha value is -0.833. The molecule has 0 aliphatic rings. The Labute approximate surface area is 94.2 Å². The zero-order valence-corrected chi connectivity index (χ0v) is 11.6. The van der Waals surface area contributed by atoms with Crippen LogP contribution in [-0.2, 0) is 9.22 Å². The van der Waals surface area contributed by atoms with E-state index >= 15 is 0 Å². The molecule has 0 spiro atoms. The highest BCUT2D eigenvalue weighted by atomic mass is 28.4. The lowest BCUT2D eigenvalue weighted by molar-refractivity contribution is -0.130. The number of carbonyl (C=O) groups excluding carboxylic acids is 1. The van der Waals surface area contributed by atoms with Gasteiger partial charge in [0.2, 0.25) is 0 Å². The van der Waals surface area contributed by atoms with Crippen molar-refractivity contribution in [3.8, 4) is 0 Å². The average Bonchev–Trinajstić information content (AvgIpc) is 2.01. The molecule has 0 unspecified atom stereocenters. The fourth-order valence-corrected chi connectivity index (χ4v) is 1.56. The molecule has 0 aromatic heterocycles. The third-order valence-corrected chi connectivity index (χ3v) is 7.02. The van der Waals surface area contributed by atoms with Crippen molar-refractivity contribution in [1.82, 2.24) is 0 Å². The summed E-state index contributed by atoms with van der Waals surface area (Å²) in [5.41, 5.74) is 0. The van der Waals surface area contributed by atoms with Gasteiger partial charge in [0, 0.05) is 6.08 Å². The predicted molar refractivity (Wildman–Crippen MR) is 67.2 cm³/mol. The molecule has 0 fully saturated rings. The van der Waals surface area contributed by atoms with Gasteiger partial charge in [0.1, 0.15) is 0 Å². The maximum atomic E-state index is 11.5. The second-order valence-corrected chi connectivity index (χ2v) is 9.79. The van der Waals surface area contributed by atoms with E-state index in [-0.39, 0.29) is 11.0 Å². The molecule has 0 radical (unpaired) electrons. The highest BCUT2D eigenvalue weighted by molar-refractivity contribution is 6.75. The maximum absolute atomic E-state index is 11.5. The molecule has 15 heavy (non-hydrogen) atoms. The van der Waals surface area contributed by atoms with Gasteiger partial charge in [-0.25, -0.2) is 4.79 Å². The van der Waals surface area contributed by atoms with Crippen LogP contribution in [0.5, 0.6) is 0 Å². The van der Waals surface area contributed by atoms with Crippen LogP contribution in [0.2, 0.25) is 18.1 Å². The monoisotopic (exact) mass is 226 g/mol. The van der Waals surface area contributed by atoms with Crippen molar-refractivity contribution in [3.05, 3.63) is 24.3 Å². The van der Waals surface area contributed by atoms with Crippen molar-refractivity contribution in [2.24, 2.45) is 0 Å². The summed E-state index contributed by atoms with van der Waals surface area (Å²) >= 11 is 0. The standard InChI is InChI=1S/C12H22O2Si/c1-7-8-9-10-11(13)14-15(5,6)12(2,3)4/h7-10H,1-6H3/b8-7+,10-9+. The Kier molecular flexibility index (Phi) is 5.01. The van der Waals surface area contributed by atoms with Gasteiger partial charge in [-0.05, 0) is 25.1 Å². The Morgan fingerprint density at radius 1 is 1.20 bits per heavy atom. The molecule has 0 bridgehead atoms. The third-order valence-electron chi connectivity index (χ3n) is 2.70. The van der Waals surface area contributed by atoms with E-state index in [0.717, 1.165) is 0 Å². The Balaban J connectivity index is 4.42. The summed E-state index contributed by atoms with van der Waals surface area (Å²) in [6.45, 7) is 12.4. The molecule has 86 valence electrons. The van der Waals surface area contributed by atoms with E-state index in [1.807, 2.05) is 19.1 Å². The summed E-state index contributed by atoms with van der Waals surface area (Å²) in [4.78, 5) is 11.5. The van der Waals surface area contributed by atoms with E-state index in [4.69, 9.17) is 4.43 Å². The van der Waals surface area contributed by atoms with Crippen LogP contribution in [0.25, 0.3) is 0 Å². The van der Waals surface area contributed by atoms with Crippen LogP contribution < -0.4 is 0 Å². The first kappa shape index (κ1) is 14.2. The van der Waals surface area contributed by atoms with Crippen molar-refractivity contribution < 1.29 is 9.22 Å². The summed E-state index contributed by atoms with van der Waals surface area (Å²) in [5, 5.41) is 0.0666. The SMILES string of the molecule is C/C=C/C=C/C(=O)O[Si](C)(C)C(C)(C)C. The lowest BCUT2D eigenvalue weighted by atomic mass is 10.2. The molecule has 0 aromatic carbocycles. The van der Waals surface area contributed by atoms with Crippen molar-refractivity contribution in [2.45, 2.75) is 45.8 Å². The lowest BCUT2D eigenvalue weighted by Gasteiger charge is -2.34. The average molecular weight is 226 g/mol. The van der Waals surface area contributed by atoms with Crippen LogP contribution in [-0.4, -0.2) is 14.3 Å². The smallest absolute Gasteiger partial charge is 0.317 e. The van der Waals surface area contributed by atoms with Gasteiger partial charge in [0.05, 0.1) is 0 Å². The molecule has 2 nitrogen and oxygen atoms in total. The molecule has 0 atom stereocenters. The van der Waals surface area contributed by atoms with Crippen LogP contribution in [0.3, 0.4) is 0 Å². The van der Waals surface area contributed by atoms with Crippen LogP contribution in [0, 0.1) is 0 Å². The third kappa shape index (κ3) is 4.97. The van der Waals surface area contributed by atoms with Crippen molar-refractivity contribution in [3.63, 3.8) is 0 Å². The summed E-state index contributed by atoms with van der Waals surface area (Å²) in [5.74, 6) is -0.236. The molecular weight excluding hydrogens is 204 g/mol. The molecule has 0 aliphatic heterocycles. The van der Waals surface area contributed by atoms with Gasteiger partial charge in [-0.3, -0.25) is 0 Å². The number of allylic oxidation sites excluding steroid dienone is 3. The van der Waals surface area contributed by atoms with Crippen LogP contribution in [0.4, 0.5) is 0 Å². The molecule has 3 heteroatoms. The summed E-state index contributed by atoms with van der Waals surface area (Å²) < 4.78 is 5.53. The number of rotatable bonds is 3. The van der Waals surface area contributed by atoms with Gasteiger partial charge in [0.15, 0.2) is 0 Å². The first-order chi connectivity index (χ1) is 6.70. The highest BCUT2D eigenvalue weighted by Crippen LogP contribution is 2.36. The molecule has 0 heterocycles. The van der Waals surface area contributed by atoms with Crippen molar-refractivity contribution in [1.29, 1.82) is 0 Å². The Morgan fingerprint density at radius 3 is 2.13 bits per heavy atom. The topological polar surface area (TPSA) is 26.3 Å². The number of carbonyl (C=O) groups is 1. The van der Waals surface area contributed by atoms with E-state index in [2.05, 4.69) is 33.9 Å². The normalized spacial score (nSPS) is 13.7. The first-order valence-corrected chi connectivity index (χ1v) is 8.14. The van der Waals surface area contributed by atoms with Crippen LogP contribution >= 0.6 is 0 Å². The minimum Gasteiger partial charge on any atom is -0.516 e. The molecule has 0 aliphatic carbocycles. The number of hydrogen-bond acceptors (Lipinski definition) is 2. The molecule has 0 saturated carbocycles. The summed E-state index contributed by atoms with van der Waals surface area (Å²) in [7, 11) is -1.95. The minimum absolute atomic E-state index is 0.0666. The Bertz CT molecular complexity index is 270. The quantitative estimate of drug-likeness (QED) is 0.417. The molecule has 0 N–H and O–H groups in total. The fraction of sp³-hybridized carbons (Fsp3) is 0.583.